The van der Waals surface area contributed by atoms with Crippen molar-refractivity contribution in [1.29, 1.82) is 0 Å². The number of hydrogen-bond donors (Lipinski definition) is 2. The average Bonchev–Trinajstić information content (AvgIpc) is 1.93. The summed E-state index contributed by atoms with van der Waals surface area (Å²) in [5.41, 5.74) is -1.08. The quantitative estimate of drug-likeness (QED) is 0.762. The van der Waals surface area contributed by atoms with Gasteiger partial charge in [-0.2, -0.15) is 0 Å². The zero-order valence-electron chi connectivity index (χ0n) is 10.7. The van der Waals surface area contributed by atoms with Crippen molar-refractivity contribution in [2.24, 2.45) is 5.41 Å². The zero-order chi connectivity index (χ0) is 13.1. The Hall–Kier alpha value is -1.26. The molecular weight excluding hydrogens is 210 g/mol. The number of aliphatic carboxylic acids is 1. The van der Waals surface area contributed by atoms with Crippen molar-refractivity contribution in [3.05, 3.63) is 0 Å². The van der Waals surface area contributed by atoms with E-state index in [1.54, 1.807) is 41.5 Å². The second-order valence-electron chi connectivity index (χ2n) is 5.86. The minimum absolute atomic E-state index is 0.446. The smallest absolute Gasteiger partial charge is 0.408 e. The highest BCUT2D eigenvalue weighted by Crippen LogP contribution is 2.22. The standard InChI is InChI=1S/C11H21NO4/c1-10(2,3)7(8(13)14)16-9(15)12-11(4,5)6/h7H,1-6H3,(H,12,15)(H,13,14)/t7-/m1/s1. The third-order valence-corrected chi connectivity index (χ3v) is 1.71. The summed E-state index contributed by atoms with van der Waals surface area (Å²) in [6.45, 7) is 10.5. The molecule has 0 spiro atoms. The lowest BCUT2D eigenvalue weighted by molar-refractivity contribution is -0.152. The van der Waals surface area contributed by atoms with Crippen LogP contribution in [0.2, 0.25) is 0 Å². The minimum Gasteiger partial charge on any atom is -0.478 e. The van der Waals surface area contributed by atoms with Gasteiger partial charge in [-0.3, -0.25) is 0 Å². The van der Waals surface area contributed by atoms with E-state index in [9.17, 15) is 9.59 Å². The molecule has 0 bridgehead atoms. The molecule has 0 fully saturated rings. The van der Waals surface area contributed by atoms with Crippen LogP contribution in [-0.4, -0.2) is 28.8 Å². The number of alkyl carbamates (subject to hydrolysis) is 1. The Kier molecular flexibility index (Phi) is 4.35. The molecule has 0 aliphatic heterocycles. The SMILES string of the molecule is CC(C)(C)NC(=O)O[C@H](C(=O)O)C(C)(C)C. The largest absolute Gasteiger partial charge is 0.478 e. The van der Waals surface area contributed by atoms with E-state index in [4.69, 9.17) is 9.84 Å². The van der Waals surface area contributed by atoms with Crippen LogP contribution in [0.3, 0.4) is 0 Å². The van der Waals surface area contributed by atoms with Gasteiger partial charge in [0.2, 0.25) is 6.10 Å². The van der Waals surface area contributed by atoms with E-state index in [2.05, 4.69) is 5.32 Å². The summed E-state index contributed by atoms with van der Waals surface area (Å²) >= 11 is 0. The van der Waals surface area contributed by atoms with Crippen LogP contribution in [0.4, 0.5) is 4.79 Å². The van der Waals surface area contributed by atoms with E-state index >= 15 is 0 Å². The summed E-state index contributed by atoms with van der Waals surface area (Å²) in [6, 6.07) is 0. The van der Waals surface area contributed by atoms with Crippen LogP contribution in [0.1, 0.15) is 41.5 Å². The van der Waals surface area contributed by atoms with Crippen LogP contribution in [-0.2, 0) is 9.53 Å². The molecule has 94 valence electrons. The molecule has 0 rings (SSSR count). The van der Waals surface area contributed by atoms with Crippen molar-refractivity contribution in [3.63, 3.8) is 0 Å². The van der Waals surface area contributed by atoms with Gasteiger partial charge in [-0.15, -0.1) is 0 Å². The van der Waals surface area contributed by atoms with Crippen LogP contribution in [0.15, 0.2) is 0 Å². The molecule has 0 saturated carbocycles. The van der Waals surface area contributed by atoms with Crippen molar-refractivity contribution in [1.82, 2.24) is 5.32 Å². The Balaban J connectivity index is 4.56. The van der Waals surface area contributed by atoms with Crippen molar-refractivity contribution >= 4 is 12.1 Å². The Morgan fingerprint density at radius 2 is 1.56 bits per heavy atom. The molecule has 2 N–H and O–H groups in total. The molecule has 0 aliphatic carbocycles. The van der Waals surface area contributed by atoms with E-state index in [1.807, 2.05) is 0 Å². The molecule has 1 atom stereocenters. The van der Waals surface area contributed by atoms with Gasteiger partial charge in [0.15, 0.2) is 0 Å². The predicted octanol–water partition coefficient (Wildman–Crippen LogP) is 2.01. The lowest BCUT2D eigenvalue weighted by atomic mass is 9.89. The first-order valence-electron chi connectivity index (χ1n) is 5.15. The Labute approximate surface area is 96.2 Å². The number of ether oxygens (including phenoxy) is 1. The summed E-state index contributed by atoms with van der Waals surface area (Å²) in [4.78, 5) is 22.4. The molecular formula is C11H21NO4. The van der Waals surface area contributed by atoms with Crippen molar-refractivity contribution in [2.45, 2.75) is 53.2 Å². The lowest BCUT2D eigenvalue weighted by Crippen LogP contribution is -2.46. The van der Waals surface area contributed by atoms with Gasteiger partial charge in [0.25, 0.3) is 0 Å². The van der Waals surface area contributed by atoms with E-state index in [0.717, 1.165) is 0 Å². The van der Waals surface area contributed by atoms with Gasteiger partial charge >= 0.3 is 12.1 Å². The fraction of sp³-hybridized carbons (Fsp3) is 0.818. The van der Waals surface area contributed by atoms with Crippen molar-refractivity contribution in [2.75, 3.05) is 0 Å². The minimum atomic E-state index is -1.16. The number of carbonyl (C=O) groups is 2. The van der Waals surface area contributed by atoms with E-state index in [-0.39, 0.29) is 0 Å². The summed E-state index contributed by atoms with van der Waals surface area (Å²) < 4.78 is 4.90. The predicted molar refractivity (Wildman–Crippen MR) is 60.2 cm³/mol. The van der Waals surface area contributed by atoms with Gasteiger partial charge in [-0.1, -0.05) is 20.8 Å². The fourth-order valence-corrected chi connectivity index (χ4v) is 1.04. The van der Waals surface area contributed by atoms with Crippen molar-refractivity contribution < 1.29 is 19.4 Å². The molecule has 16 heavy (non-hydrogen) atoms. The van der Waals surface area contributed by atoms with Crippen LogP contribution >= 0.6 is 0 Å². The molecule has 0 saturated heterocycles. The number of nitrogens with one attached hydrogen (secondary N) is 1. The normalized spacial score (nSPS) is 14.1. The summed E-state index contributed by atoms with van der Waals surface area (Å²) in [7, 11) is 0. The monoisotopic (exact) mass is 231 g/mol. The molecule has 0 aromatic rings. The van der Waals surface area contributed by atoms with Gasteiger partial charge in [-0.25, -0.2) is 9.59 Å². The highest BCUT2D eigenvalue weighted by atomic mass is 16.6. The van der Waals surface area contributed by atoms with Crippen LogP contribution in [0, 0.1) is 5.41 Å². The number of rotatable bonds is 2. The molecule has 0 aliphatic rings. The van der Waals surface area contributed by atoms with Gasteiger partial charge in [0.05, 0.1) is 0 Å². The number of carboxylic acid groups (broad SMARTS) is 1. The first kappa shape index (κ1) is 14.7. The van der Waals surface area contributed by atoms with E-state index in [1.165, 1.54) is 0 Å². The maximum atomic E-state index is 11.4. The topological polar surface area (TPSA) is 75.6 Å². The molecule has 0 unspecified atom stereocenters. The van der Waals surface area contributed by atoms with Crippen molar-refractivity contribution in [3.8, 4) is 0 Å². The van der Waals surface area contributed by atoms with Gasteiger partial charge in [0, 0.05) is 11.0 Å². The Morgan fingerprint density at radius 1 is 1.12 bits per heavy atom. The maximum absolute atomic E-state index is 11.4. The van der Waals surface area contributed by atoms with Gasteiger partial charge in [0.1, 0.15) is 0 Å². The second kappa shape index (κ2) is 4.72. The third-order valence-electron chi connectivity index (χ3n) is 1.71. The fourth-order valence-electron chi connectivity index (χ4n) is 1.04. The second-order valence-corrected chi connectivity index (χ2v) is 5.86. The van der Waals surface area contributed by atoms with Crippen LogP contribution < -0.4 is 5.32 Å². The first-order valence-corrected chi connectivity index (χ1v) is 5.15. The van der Waals surface area contributed by atoms with Crippen LogP contribution in [0.25, 0.3) is 0 Å². The highest BCUT2D eigenvalue weighted by molar-refractivity contribution is 5.78. The molecule has 0 aromatic carbocycles. The van der Waals surface area contributed by atoms with Crippen LogP contribution in [0.5, 0.6) is 0 Å². The number of amides is 1. The highest BCUT2D eigenvalue weighted by Gasteiger charge is 2.35. The number of carbonyl (C=O) groups excluding carboxylic acids is 1. The lowest BCUT2D eigenvalue weighted by Gasteiger charge is -2.28. The molecule has 0 heterocycles. The molecule has 0 aromatic heterocycles. The molecule has 0 radical (unpaired) electrons. The van der Waals surface area contributed by atoms with Gasteiger partial charge < -0.3 is 15.2 Å². The van der Waals surface area contributed by atoms with E-state index in [0.29, 0.717) is 0 Å². The Morgan fingerprint density at radius 3 is 1.81 bits per heavy atom. The van der Waals surface area contributed by atoms with Gasteiger partial charge in [-0.05, 0) is 20.8 Å². The molecule has 5 nitrogen and oxygen atoms in total. The summed E-state index contributed by atoms with van der Waals surface area (Å²) in [6.07, 6.45) is -1.87. The Bertz CT molecular complexity index is 273. The maximum Gasteiger partial charge on any atom is 0.408 e. The summed E-state index contributed by atoms with van der Waals surface area (Å²) in [5.74, 6) is -1.14. The third kappa shape index (κ3) is 5.58. The first-order chi connectivity index (χ1) is 6.93. The zero-order valence-corrected chi connectivity index (χ0v) is 10.7. The summed E-state index contributed by atoms with van der Waals surface area (Å²) in [5, 5.41) is 11.5. The molecule has 5 heteroatoms. The number of hydrogen-bond acceptors (Lipinski definition) is 3. The average molecular weight is 231 g/mol. The number of carboxylic acids is 1. The molecule has 1 amide bonds. The van der Waals surface area contributed by atoms with E-state index < -0.39 is 29.1 Å².